The predicted molar refractivity (Wildman–Crippen MR) is 70.4 cm³/mol. The van der Waals surface area contributed by atoms with Gasteiger partial charge in [0.25, 0.3) is 5.91 Å². The standard InChI is InChI=1S/C13H19N3O/c1-15(2)10-12(16(3)4)14-13(17)11-8-6-5-7-9-11/h5-9H,10H2,1-4H3. The van der Waals surface area contributed by atoms with Crippen LogP contribution in [-0.2, 0) is 0 Å². The summed E-state index contributed by atoms with van der Waals surface area (Å²) < 4.78 is 0. The van der Waals surface area contributed by atoms with Gasteiger partial charge in [0.15, 0.2) is 0 Å². The summed E-state index contributed by atoms with van der Waals surface area (Å²) in [6, 6.07) is 9.10. The zero-order chi connectivity index (χ0) is 12.8. The van der Waals surface area contributed by atoms with Crippen molar-refractivity contribution in [3.05, 3.63) is 35.9 Å². The lowest BCUT2D eigenvalue weighted by Gasteiger charge is -2.18. The van der Waals surface area contributed by atoms with E-state index in [1.54, 1.807) is 12.1 Å². The molecule has 0 saturated carbocycles. The number of likely N-dealkylation sites (N-methyl/N-ethyl adjacent to an activating group) is 2. The van der Waals surface area contributed by atoms with Gasteiger partial charge in [-0.3, -0.25) is 4.79 Å². The normalized spacial score (nSPS) is 11.7. The van der Waals surface area contributed by atoms with Crippen molar-refractivity contribution in [2.45, 2.75) is 0 Å². The smallest absolute Gasteiger partial charge is 0.278 e. The Balaban J connectivity index is 2.87. The van der Waals surface area contributed by atoms with Crippen molar-refractivity contribution in [3.8, 4) is 0 Å². The van der Waals surface area contributed by atoms with E-state index in [-0.39, 0.29) is 5.91 Å². The number of hydrogen-bond acceptors (Lipinski definition) is 2. The Morgan fingerprint density at radius 2 is 1.71 bits per heavy atom. The van der Waals surface area contributed by atoms with E-state index < -0.39 is 0 Å². The van der Waals surface area contributed by atoms with E-state index >= 15 is 0 Å². The molecular weight excluding hydrogens is 214 g/mol. The number of carbonyl (C=O) groups is 1. The zero-order valence-corrected chi connectivity index (χ0v) is 10.8. The van der Waals surface area contributed by atoms with E-state index in [2.05, 4.69) is 4.99 Å². The molecule has 0 unspecified atom stereocenters. The third-order valence-electron chi connectivity index (χ3n) is 2.23. The third-order valence-corrected chi connectivity index (χ3v) is 2.23. The summed E-state index contributed by atoms with van der Waals surface area (Å²) in [4.78, 5) is 19.9. The van der Waals surface area contributed by atoms with Gasteiger partial charge in [0.2, 0.25) is 0 Å². The highest BCUT2D eigenvalue weighted by Crippen LogP contribution is 2.02. The van der Waals surface area contributed by atoms with E-state index in [1.165, 1.54) is 0 Å². The lowest BCUT2D eigenvalue weighted by Crippen LogP contribution is -2.33. The van der Waals surface area contributed by atoms with Gasteiger partial charge in [-0.1, -0.05) is 18.2 Å². The third kappa shape index (κ3) is 4.36. The van der Waals surface area contributed by atoms with Gasteiger partial charge in [-0.25, -0.2) is 0 Å². The second-order valence-electron chi connectivity index (χ2n) is 4.33. The van der Waals surface area contributed by atoms with Crippen LogP contribution in [0.1, 0.15) is 10.4 Å². The molecule has 1 aromatic carbocycles. The van der Waals surface area contributed by atoms with Crippen molar-refractivity contribution >= 4 is 11.7 Å². The molecule has 1 amide bonds. The molecular formula is C13H19N3O. The van der Waals surface area contributed by atoms with Crippen molar-refractivity contribution in [1.29, 1.82) is 0 Å². The Bertz CT molecular complexity index is 396. The highest BCUT2D eigenvalue weighted by Gasteiger charge is 2.08. The van der Waals surface area contributed by atoms with E-state index in [9.17, 15) is 4.79 Å². The minimum Gasteiger partial charge on any atom is -0.365 e. The molecule has 1 aromatic rings. The van der Waals surface area contributed by atoms with E-state index in [4.69, 9.17) is 0 Å². The molecule has 4 heteroatoms. The topological polar surface area (TPSA) is 35.9 Å². The summed E-state index contributed by atoms with van der Waals surface area (Å²) >= 11 is 0. The molecule has 0 aliphatic rings. The van der Waals surface area contributed by atoms with Crippen LogP contribution in [0.3, 0.4) is 0 Å². The first-order valence-electron chi connectivity index (χ1n) is 5.49. The number of carbonyl (C=O) groups excluding carboxylic acids is 1. The molecule has 0 aliphatic heterocycles. The van der Waals surface area contributed by atoms with E-state index in [0.717, 1.165) is 5.84 Å². The first-order chi connectivity index (χ1) is 8.00. The van der Waals surface area contributed by atoms with Crippen LogP contribution in [0.25, 0.3) is 0 Å². The van der Waals surface area contributed by atoms with Gasteiger partial charge in [0.05, 0.1) is 6.54 Å². The Hall–Kier alpha value is -1.68. The van der Waals surface area contributed by atoms with Crippen LogP contribution in [0.5, 0.6) is 0 Å². The van der Waals surface area contributed by atoms with Gasteiger partial charge in [-0.2, -0.15) is 4.99 Å². The number of aliphatic imine (C=N–C) groups is 1. The average molecular weight is 233 g/mol. The molecule has 0 atom stereocenters. The maximum absolute atomic E-state index is 11.9. The molecule has 1 rings (SSSR count). The van der Waals surface area contributed by atoms with Crippen LogP contribution in [-0.4, -0.2) is 56.3 Å². The number of benzene rings is 1. The van der Waals surface area contributed by atoms with Gasteiger partial charge in [0.1, 0.15) is 5.84 Å². The largest absolute Gasteiger partial charge is 0.365 e. The van der Waals surface area contributed by atoms with E-state index in [0.29, 0.717) is 12.1 Å². The summed E-state index contributed by atoms with van der Waals surface area (Å²) in [7, 11) is 7.68. The number of amidine groups is 1. The van der Waals surface area contributed by atoms with Gasteiger partial charge in [0, 0.05) is 19.7 Å². The number of hydrogen-bond donors (Lipinski definition) is 0. The summed E-state index contributed by atoms with van der Waals surface area (Å²) in [6.07, 6.45) is 0. The fourth-order valence-electron chi connectivity index (χ4n) is 1.32. The van der Waals surface area contributed by atoms with Gasteiger partial charge in [-0.05, 0) is 26.2 Å². The van der Waals surface area contributed by atoms with E-state index in [1.807, 2.05) is 56.2 Å². The number of amides is 1. The molecule has 0 bridgehead atoms. The summed E-state index contributed by atoms with van der Waals surface area (Å²) in [5.41, 5.74) is 0.616. The predicted octanol–water partition coefficient (Wildman–Crippen LogP) is 1.35. The van der Waals surface area contributed by atoms with Gasteiger partial charge in [-0.15, -0.1) is 0 Å². The molecule has 0 heterocycles. The highest BCUT2D eigenvalue weighted by atomic mass is 16.1. The quantitative estimate of drug-likeness (QED) is 0.584. The van der Waals surface area contributed by atoms with Crippen LogP contribution in [0, 0.1) is 0 Å². The Morgan fingerprint density at radius 3 is 2.18 bits per heavy atom. The van der Waals surface area contributed by atoms with Gasteiger partial charge < -0.3 is 9.80 Å². The van der Waals surface area contributed by atoms with Crippen molar-refractivity contribution in [3.63, 3.8) is 0 Å². The molecule has 0 saturated heterocycles. The van der Waals surface area contributed by atoms with Crippen molar-refractivity contribution in [2.24, 2.45) is 4.99 Å². The molecule has 92 valence electrons. The minimum atomic E-state index is -0.198. The van der Waals surface area contributed by atoms with Crippen LogP contribution < -0.4 is 0 Å². The molecule has 4 nitrogen and oxygen atoms in total. The minimum absolute atomic E-state index is 0.198. The first-order valence-corrected chi connectivity index (χ1v) is 5.49. The van der Waals surface area contributed by atoms with Crippen LogP contribution in [0.15, 0.2) is 35.3 Å². The monoisotopic (exact) mass is 233 g/mol. The second-order valence-corrected chi connectivity index (χ2v) is 4.33. The fraction of sp³-hybridized carbons (Fsp3) is 0.385. The molecule has 0 aromatic heterocycles. The van der Waals surface area contributed by atoms with Crippen molar-refractivity contribution in [1.82, 2.24) is 9.80 Å². The maximum atomic E-state index is 11.9. The molecule has 0 radical (unpaired) electrons. The molecule has 0 spiro atoms. The fourth-order valence-corrected chi connectivity index (χ4v) is 1.32. The molecule has 0 aliphatic carbocycles. The van der Waals surface area contributed by atoms with Crippen molar-refractivity contribution < 1.29 is 4.79 Å². The number of rotatable bonds is 3. The number of nitrogens with zero attached hydrogens (tertiary/aromatic N) is 3. The lowest BCUT2D eigenvalue weighted by atomic mass is 10.2. The first kappa shape index (κ1) is 13.4. The zero-order valence-electron chi connectivity index (χ0n) is 10.8. The summed E-state index contributed by atoms with van der Waals surface area (Å²) in [5.74, 6) is 0.556. The SMILES string of the molecule is CN(C)CC(=NC(=O)c1ccccc1)N(C)C. The van der Waals surface area contributed by atoms with Gasteiger partial charge >= 0.3 is 0 Å². The Labute approximate surface area is 103 Å². The maximum Gasteiger partial charge on any atom is 0.278 e. The highest BCUT2D eigenvalue weighted by molar-refractivity contribution is 6.03. The molecule has 0 N–H and O–H groups in total. The molecule has 17 heavy (non-hydrogen) atoms. The van der Waals surface area contributed by atoms with Crippen molar-refractivity contribution in [2.75, 3.05) is 34.7 Å². The summed E-state index contributed by atoms with van der Waals surface area (Å²) in [6.45, 7) is 0.644. The lowest BCUT2D eigenvalue weighted by molar-refractivity contribution is 0.100. The van der Waals surface area contributed by atoms with Crippen LogP contribution in [0.4, 0.5) is 0 Å². The average Bonchev–Trinajstić information content (AvgIpc) is 2.28. The molecule has 0 fully saturated rings. The van der Waals surface area contributed by atoms with Crippen LogP contribution >= 0.6 is 0 Å². The Morgan fingerprint density at radius 1 is 1.12 bits per heavy atom. The second kappa shape index (κ2) is 6.15. The summed E-state index contributed by atoms with van der Waals surface area (Å²) in [5, 5.41) is 0. The Kier molecular flexibility index (Phi) is 4.84. The van der Waals surface area contributed by atoms with Crippen LogP contribution in [0.2, 0.25) is 0 Å².